The van der Waals surface area contributed by atoms with Crippen molar-refractivity contribution < 1.29 is 27.5 Å². The van der Waals surface area contributed by atoms with Gasteiger partial charge in [0.1, 0.15) is 0 Å². The van der Waals surface area contributed by atoms with Gasteiger partial charge in [0, 0.05) is 13.1 Å². The van der Waals surface area contributed by atoms with E-state index in [1.165, 1.54) is 49.6 Å². The lowest BCUT2D eigenvalue weighted by atomic mass is 10.2. The van der Waals surface area contributed by atoms with Crippen LogP contribution in [-0.2, 0) is 14.8 Å². The molecule has 0 atom stereocenters. The topological polar surface area (TPSA) is 126 Å². The highest BCUT2D eigenvalue weighted by molar-refractivity contribution is 7.89. The summed E-state index contributed by atoms with van der Waals surface area (Å²) in [7, 11) is -1.09. The van der Waals surface area contributed by atoms with Crippen molar-refractivity contribution in [2.45, 2.75) is 18.7 Å². The second-order valence-electron chi connectivity index (χ2n) is 6.70. The van der Waals surface area contributed by atoms with E-state index in [1.807, 2.05) is 0 Å². The molecule has 2 amide bonds. The number of ether oxygens (including phenoxy) is 2. The predicted molar refractivity (Wildman–Crippen MR) is 124 cm³/mol. The van der Waals surface area contributed by atoms with Gasteiger partial charge in [0.15, 0.2) is 11.5 Å². The van der Waals surface area contributed by atoms with E-state index in [9.17, 15) is 18.0 Å². The molecular formula is C22H28N4O6S. The first-order chi connectivity index (χ1) is 15.8. The highest BCUT2D eigenvalue weighted by Crippen LogP contribution is 2.26. The summed E-state index contributed by atoms with van der Waals surface area (Å²) >= 11 is 0. The van der Waals surface area contributed by atoms with Crippen molar-refractivity contribution >= 4 is 28.1 Å². The quantitative estimate of drug-likeness (QED) is 0.375. The van der Waals surface area contributed by atoms with Crippen LogP contribution in [0.4, 0.5) is 0 Å². The average molecular weight is 477 g/mol. The van der Waals surface area contributed by atoms with Crippen LogP contribution in [0.3, 0.4) is 0 Å². The van der Waals surface area contributed by atoms with Gasteiger partial charge < -0.3 is 14.4 Å². The molecule has 10 nitrogen and oxygen atoms in total. The van der Waals surface area contributed by atoms with Crippen LogP contribution in [0.25, 0.3) is 0 Å². The van der Waals surface area contributed by atoms with E-state index in [2.05, 4.69) is 15.2 Å². The minimum atomic E-state index is -4.12. The maximum atomic E-state index is 12.8. The summed E-state index contributed by atoms with van der Waals surface area (Å²) in [4.78, 5) is 26.0. The number of carbonyl (C=O) groups excluding carboxylic acids is 2. The lowest BCUT2D eigenvalue weighted by molar-refractivity contribution is -0.129. The normalized spacial score (nSPS) is 11.3. The second-order valence-corrected chi connectivity index (χ2v) is 8.44. The summed E-state index contributed by atoms with van der Waals surface area (Å²) in [5.41, 5.74) is 2.84. The van der Waals surface area contributed by atoms with Gasteiger partial charge in [0.25, 0.3) is 5.91 Å². The molecule has 2 N–H and O–H groups in total. The summed E-state index contributed by atoms with van der Waals surface area (Å²) in [5.74, 6) is -0.0351. The Balaban J connectivity index is 2.15. The molecule has 0 saturated heterocycles. The number of sulfonamides is 1. The molecule has 0 bridgehead atoms. The van der Waals surface area contributed by atoms with E-state index in [0.29, 0.717) is 30.2 Å². The minimum absolute atomic E-state index is 0.107. The number of hydrogen-bond acceptors (Lipinski definition) is 7. The minimum Gasteiger partial charge on any atom is -0.493 e. The average Bonchev–Trinajstić information content (AvgIpc) is 2.83. The van der Waals surface area contributed by atoms with Crippen LogP contribution in [0.15, 0.2) is 52.5 Å². The molecule has 0 fully saturated rings. The Bertz CT molecular complexity index is 1110. The molecule has 11 heteroatoms. The molecule has 178 valence electrons. The first-order valence-electron chi connectivity index (χ1n) is 10.2. The van der Waals surface area contributed by atoms with Crippen LogP contribution < -0.4 is 19.6 Å². The van der Waals surface area contributed by atoms with Gasteiger partial charge in [-0.3, -0.25) is 9.59 Å². The van der Waals surface area contributed by atoms with Gasteiger partial charge in [0.2, 0.25) is 15.9 Å². The standard InChI is InChI=1S/C22H28N4O6S/c1-5-26(6-2)21(27)15-24-33(29,30)20-10-8-7-9-17(20)22(28)25-23-14-16-11-12-18(31-3)19(13-16)32-4/h7-14,24H,5-6,15H2,1-4H3,(H,25,28)/b23-14-. The molecule has 0 aliphatic carbocycles. The third-order valence-corrected chi connectivity index (χ3v) is 6.20. The van der Waals surface area contributed by atoms with E-state index in [0.717, 1.165) is 0 Å². The van der Waals surface area contributed by atoms with E-state index >= 15 is 0 Å². The number of methoxy groups -OCH3 is 2. The van der Waals surface area contributed by atoms with E-state index in [1.54, 1.807) is 32.0 Å². The van der Waals surface area contributed by atoms with Crippen molar-refractivity contribution in [3.8, 4) is 11.5 Å². The summed E-state index contributed by atoms with van der Waals surface area (Å²) in [6, 6.07) is 10.8. The molecule has 0 unspecified atom stereocenters. The number of carbonyl (C=O) groups is 2. The number of amides is 2. The van der Waals surface area contributed by atoms with Crippen molar-refractivity contribution in [2.24, 2.45) is 5.10 Å². The SMILES string of the molecule is CCN(CC)C(=O)CNS(=O)(=O)c1ccccc1C(=O)N/N=C\c1ccc(OC)c(OC)c1. The van der Waals surface area contributed by atoms with Crippen LogP contribution in [0.5, 0.6) is 11.5 Å². The molecular weight excluding hydrogens is 448 g/mol. The highest BCUT2D eigenvalue weighted by atomic mass is 32.2. The fourth-order valence-electron chi connectivity index (χ4n) is 2.97. The van der Waals surface area contributed by atoms with Crippen LogP contribution >= 0.6 is 0 Å². The summed E-state index contributed by atoms with van der Waals surface area (Å²) in [5, 5.41) is 3.89. The fraction of sp³-hybridized carbons (Fsp3) is 0.318. The Kier molecular flexibility index (Phi) is 9.37. The van der Waals surface area contributed by atoms with Crippen molar-refractivity contribution in [3.63, 3.8) is 0 Å². The number of hydrazone groups is 1. The van der Waals surface area contributed by atoms with Crippen LogP contribution in [-0.4, -0.2) is 65.2 Å². The first-order valence-corrected chi connectivity index (χ1v) is 11.7. The molecule has 33 heavy (non-hydrogen) atoms. The van der Waals surface area contributed by atoms with Gasteiger partial charge in [-0.2, -0.15) is 5.10 Å². The van der Waals surface area contributed by atoms with Gasteiger partial charge >= 0.3 is 0 Å². The summed E-state index contributed by atoms with van der Waals surface area (Å²) in [6.07, 6.45) is 1.39. The Morgan fingerprint density at radius 2 is 1.70 bits per heavy atom. The third kappa shape index (κ3) is 6.77. The van der Waals surface area contributed by atoms with Crippen molar-refractivity contribution in [1.29, 1.82) is 0 Å². The molecule has 0 heterocycles. The van der Waals surface area contributed by atoms with Crippen molar-refractivity contribution in [2.75, 3.05) is 33.9 Å². The number of hydrogen-bond donors (Lipinski definition) is 2. The first kappa shape index (κ1) is 25.8. The number of benzene rings is 2. The molecule has 0 aromatic heterocycles. The molecule has 0 radical (unpaired) electrons. The monoisotopic (exact) mass is 476 g/mol. The molecule has 0 aliphatic heterocycles. The Morgan fingerprint density at radius 1 is 1.03 bits per heavy atom. The lowest BCUT2D eigenvalue weighted by Gasteiger charge is -2.19. The lowest BCUT2D eigenvalue weighted by Crippen LogP contribution is -2.40. The number of nitrogens with zero attached hydrogens (tertiary/aromatic N) is 2. The molecule has 0 aliphatic rings. The zero-order valence-corrected chi connectivity index (χ0v) is 19.8. The molecule has 2 aromatic carbocycles. The zero-order chi connectivity index (χ0) is 24.4. The Labute approximate surface area is 193 Å². The maximum absolute atomic E-state index is 12.8. The summed E-state index contributed by atoms with van der Waals surface area (Å²) < 4.78 is 38.2. The third-order valence-electron chi connectivity index (χ3n) is 4.74. The molecule has 2 aromatic rings. The second kappa shape index (κ2) is 12.0. The van der Waals surface area contributed by atoms with E-state index in [-0.39, 0.29) is 16.4 Å². The van der Waals surface area contributed by atoms with Crippen LogP contribution in [0, 0.1) is 0 Å². The molecule has 0 spiro atoms. The summed E-state index contributed by atoms with van der Waals surface area (Å²) in [6.45, 7) is 4.13. The predicted octanol–water partition coefficient (Wildman–Crippen LogP) is 1.61. The van der Waals surface area contributed by atoms with Crippen LogP contribution in [0.2, 0.25) is 0 Å². The smallest absolute Gasteiger partial charge is 0.272 e. The van der Waals surface area contributed by atoms with Gasteiger partial charge in [-0.25, -0.2) is 18.6 Å². The van der Waals surface area contributed by atoms with E-state index < -0.39 is 22.5 Å². The van der Waals surface area contributed by atoms with Crippen molar-refractivity contribution in [3.05, 3.63) is 53.6 Å². The number of rotatable bonds is 11. The van der Waals surface area contributed by atoms with Gasteiger partial charge in [-0.15, -0.1) is 0 Å². The Hall–Kier alpha value is -3.44. The van der Waals surface area contributed by atoms with Crippen LogP contribution in [0.1, 0.15) is 29.8 Å². The molecule has 0 saturated carbocycles. The largest absolute Gasteiger partial charge is 0.493 e. The number of likely N-dealkylation sites (N-methyl/N-ethyl adjacent to an activating group) is 1. The molecule has 2 rings (SSSR count). The van der Waals surface area contributed by atoms with E-state index in [4.69, 9.17) is 9.47 Å². The number of nitrogens with one attached hydrogen (secondary N) is 2. The highest BCUT2D eigenvalue weighted by Gasteiger charge is 2.23. The van der Waals surface area contributed by atoms with Gasteiger partial charge in [-0.1, -0.05) is 12.1 Å². The zero-order valence-electron chi connectivity index (χ0n) is 19.0. The van der Waals surface area contributed by atoms with Gasteiger partial charge in [-0.05, 0) is 49.7 Å². The fourth-order valence-corrected chi connectivity index (χ4v) is 4.15. The van der Waals surface area contributed by atoms with Gasteiger partial charge in [0.05, 0.1) is 37.4 Å². The maximum Gasteiger partial charge on any atom is 0.272 e. The Morgan fingerprint density at radius 3 is 2.33 bits per heavy atom. The van der Waals surface area contributed by atoms with Crippen molar-refractivity contribution in [1.82, 2.24) is 15.0 Å².